The SMILES string of the molecule is CCN(CC(=O)O)C1CCN(Cc2ccc(F)c(C(F)(F)F)c2)CC1. The summed E-state index contributed by atoms with van der Waals surface area (Å²) in [6.07, 6.45) is -3.19. The highest BCUT2D eigenvalue weighted by molar-refractivity contribution is 5.69. The zero-order valence-corrected chi connectivity index (χ0v) is 14.0. The van der Waals surface area contributed by atoms with Crippen molar-refractivity contribution < 1.29 is 27.5 Å². The number of nitrogens with zero attached hydrogens (tertiary/aromatic N) is 2. The van der Waals surface area contributed by atoms with Gasteiger partial charge in [-0.2, -0.15) is 13.2 Å². The average molecular weight is 362 g/mol. The van der Waals surface area contributed by atoms with Gasteiger partial charge in [-0.25, -0.2) is 4.39 Å². The Labute approximate surface area is 144 Å². The molecule has 1 aliphatic rings. The van der Waals surface area contributed by atoms with Crippen LogP contribution < -0.4 is 0 Å². The van der Waals surface area contributed by atoms with Crippen LogP contribution in [-0.2, 0) is 17.5 Å². The largest absolute Gasteiger partial charge is 0.480 e. The molecule has 0 atom stereocenters. The van der Waals surface area contributed by atoms with E-state index in [1.807, 2.05) is 16.7 Å². The quantitative estimate of drug-likeness (QED) is 0.790. The molecule has 8 heteroatoms. The molecular weight excluding hydrogens is 340 g/mol. The molecule has 25 heavy (non-hydrogen) atoms. The Morgan fingerprint density at radius 3 is 2.48 bits per heavy atom. The Kier molecular flexibility index (Phi) is 6.40. The van der Waals surface area contributed by atoms with Gasteiger partial charge in [0.15, 0.2) is 0 Å². The number of carbonyl (C=O) groups is 1. The van der Waals surface area contributed by atoms with E-state index in [9.17, 15) is 22.4 Å². The normalized spacial score (nSPS) is 17.2. The number of likely N-dealkylation sites (N-methyl/N-ethyl adjacent to an activating group) is 1. The lowest BCUT2D eigenvalue weighted by molar-refractivity contribution is -0.140. The number of likely N-dealkylation sites (tertiary alicyclic amines) is 1. The van der Waals surface area contributed by atoms with Crippen LogP contribution in [0.3, 0.4) is 0 Å². The number of rotatable bonds is 6. The predicted molar refractivity (Wildman–Crippen MR) is 84.6 cm³/mol. The summed E-state index contributed by atoms with van der Waals surface area (Å²) >= 11 is 0. The van der Waals surface area contributed by atoms with Gasteiger partial charge in [0, 0.05) is 12.6 Å². The zero-order valence-electron chi connectivity index (χ0n) is 14.0. The molecular formula is C17H22F4N2O2. The van der Waals surface area contributed by atoms with Crippen molar-refractivity contribution in [2.45, 2.75) is 38.5 Å². The molecule has 1 heterocycles. The molecule has 1 aromatic carbocycles. The van der Waals surface area contributed by atoms with Gasteiger partial charge in [0.05, 0.1) is 12.1 Å². The van der Waals surface area contributed by atoms with Crippen LogP contribution in [0, 0.1) is 5.82 Å². The molecule has 0 bridgehead atoms. The molecule has 1 aliphatic heterocycles. The summed E-state index contributed by atoms with van der Waals surface area (Å²) in [6.45, 7) is 4.20. The van der Waals surface area contributed by atoms with Crippen molar-refractivity contribution in [1.82, 2.24) is 9.80 Å². The Morgan fingerprint density at radius 2 is 1.96 bits per heavy atom. The molecule has 4 nitrogen and oxygen atoms in total. The molecule has 0 amide bonds. The molecule has 1 saturated heterocycles. The van der Waals surface area contributed by atoms with Gasteiger partial charge in [-0.3, -0.25) is 14.6 Å². The minimum absolute atomic E-state index is 0.00588. The molecule has 0 aliphatic carbocycles. The Balaban J connectivity index is 1.95. The predicted octanol–water partition coefficient (Wildman–Crippen LogP) is 3.22. The van der Waals surface area contributed by atoms with Crippen LogP contribution in [0.2, 0.25) is 0 Å². The van der Waals surface area contributed by atoms with Crippen molar-refractivity contribution in [3.8, 4) is 0 Å². The number of benzene rings is 1. The molecule has 1 fully saturated rings. The van der Waals surface area contributed by atoms with Crippen LogP contribution in [0.25, 0.3) is 0 Å². The van der Waals surface area contributed by atoms with E-state index in [1.54, 1.807) is 0 Å². The maximum Gasteiger partial charge on any atom is 0.419 e. The first-order valence-electron chi connectivity index (χ1n) is 8.24. The van der Waals surface area contributed by atoms with Crippen LogP contribution >= 0.6 is 0 Å². The maximum atomic E-state index is 13.3. The number of piperidine rings is 1. The molecule has 0 saturated carbocycles. The fraction of sp³-hybridized carbons (Fsp3) is 0.588. The summed E-state index contributed by atoms with van der Waals surface area (Å²) < 4.78 is 51.7. The lowest BCUT2D eigenvalue weighted by Crippen LogP contribution is -2.46. The fourth-order valence-corrected chi connectivity index (χ4v) is 3.26. The van der Waals surface area contributed by atoms with Gasteiger partial charge in [0.1, 0.15) is 5.82 Å². The third-order valence-corrected chi connectivity index (χ3v) is 4.56. The summed E-state index contributed by atoms with van der Waals surface area (Å²) in [5.74, 6) is -2.13. The lowest BCUT2D eigenvalue weighted by atomic mass is 10.0. The lowest BCUT2D eigenvalue weighted by Gasteiger charge is -2.37. The molecule has 0 spiro atoms. The van der Waals surface area contributed by atoms with Gasteiger partial charge in [0.2, 0.25) is 0 Å². The van der Waals surface area contributed by atoms with Crippen LogP contribution in [0.15, 0.2) is 18.2 Å². The van der Waals surface area contributed by atoms with Gasteiger partial charge in [0.25, 0.3) is 0 Å². The number of carboxylic acid groups (broad SMARTS) is 1. The summed E-state index contributed by atoms with van der Waals surface area (Å²) in [6, 6.07) is 3.26. The van der Waals surface area contributed by atoms with Gasteiger partial charge >= 0.3 is 12.1 Å². The third kappa shape index (κ3) is 5.40. The van der Waals surface area contributed by atoms with Crippen molar-refractivity contribution >= 4 is 5.97 Å². The first-order valence-corrected chi connectivity index (χ1v) is 8.24. The second-order valence-corrected chi connectivity index (χ2v) is 6.28. The van der Waals surface area contributed by atoms with E-state index in [1.165, 1.54) is 6.07 Å². The summed E-state index contributed by atoms with van der Waals surface area (Å²) in [7, 11) is 0. The van der Waals surface area contributed by atoms with Crippen molar-refractivity contribution in [2.24, 2.45) is 0 Å². The Morgan fingerprint density at radius 1 is 1.32 bits per heavy atom. The first-order chi connectivity index (χ1) is 11.7. The van der Waals surface area contributed by atoms with E-state index in [-0.39, 0.29) is 12.6 Å². The molecule has 1 N–H and O–H groups in total. The minimum Gasteiger partial charge on any atom is -0.480 e. The molecule has 2 rings (SSSR count). The molecule has 140 valence electrons. The summed E-state index contributed by atoms with van der Waals surface area (Å²) in [4.78, 5) is 14.8. The Hall–Kier alpha value is -1.67. The number of alkyl halides is 3. The van der Waals surface area contributed by atoms with Crippen LogP contribution in [0.1, 0.15) is 30.9 Å². The zero-order chi connectivity index (χ0) is 18.6. The van der Waals surface area contributed by atoms with Crippen molar-refractivity contribution in [3.63, 3.8) is 0 Å². The highest BCUT2D eigenvalue weighted by Crippen LogP contribution is 2.32. The second kappa shape index (κ2) is 8.14. The Bertz CT molecular complexity index is 599. The monoisotopic (exact) mass is 362 g/mol. The number of halogens is 4. The number of hydrogen-bond donors (Lipinski definition) is 1. The third-order valence-electron chi connectivity index (χ3n) is 4.56. The number of carboxylic acids is 1. The van der Waals surface area contributed by atoms with E-state index in [0.29, 0.717) is 31.7 Å². The molecule has 0 unspecified atom stereocenters. The summed E-state index contributed by atoms with van der Waals surface area (Å²) in [5, 5.41) is 8.93. The van der Waals surface area contributed by atoms with Crippen molar-refractivity contribution in [2.75, 3.05) is 26.2 Å². The van der Waals surface area contributed by atoms with Gasteiger partial charge < -0.3 is 5.11 Å². The second-order valence-electron chi connectivity index (χ2n) is 6.28. The van der Waals surface area contributed by atoms with Crippen LogP contribution in [-0.4, -0.2) is 53.1 Å². The molecule has 1 aromatic rings. The van der Waals surface area contributed by atoms with Crippen LogP contribution in [0.4, 0.5) is 17.6 Å². The standard InChI is InChI=1S/C17H22F4N2O2/c1-2-23(11-16(24)25)13-5-7-22(8-6-13)10-12-3-4-15(18)14(9-12)17(19,20)21/h3-4,9,13H,2,5-8,10-11H2,1H3,(H,24,25). The van der Waals surface area contributed by atoms with Gasteiger partial charge in [-0.05, 0) is 50.2 Å². The average Bonchev–Trinajstić information content (AvgIpc) is 2.54. The van der Waals surface area contributed by atoms with E-state index in [4.69, 9.17) is 5.11 Å². The van der Waals surface area contributed by atoms with E-state index >= 15 is 0 Å². The smallest absolute Gasteiger partial charge is 0.419 e. The fourth-order valence-electron chi connectivity index (χ4n) is 3.26. The van der Waals surface area contributed by atoms with Crippen LogP contribution in [0.5, 0.6) is 0 Å². The van der Waals surface area contributed by atoms with Gasteiger partial charge in [-0.15, -0.1) is 0 Å². The number of aliphatic carboxylic acids is 1. The molecule has 0 aromatic heterocycles. The van der Waals surface area contributed by atoms with E-state index in [2.05, 4.69) is 0 Å². The van der Waals surface area contributed by atoms with Gasteiger partial charge in [-0.1, -0.05) is 13.0 Å². The van der Waals surface area contributed by atoms with E-state index in [0.717, 1.165) is 25.0 Å². The first kappa shape index (κ1) is 19.7. The van der Waals surface area contributed by atoms with E-state index < -0.39 is 23.5 Å². The summed E-state index contributed by atoms with van der Waals surface area (Å²) in [5.41, 5.74) is -0.816. The maximum absolute atomic E-state index is 13.3. The van der Waals surface area contributed by atoms with Crippen molar-refractivity contribution in [3.05, 3.63) is 35.1 Å². The highest BCUT2D eigenvalue weighted by atomic mass is 19.4. The van der Waals surface area contributed by atoms with Crippen molar-refractivity contribution in [1.29, 1.82) is 0 Å². The topological polar surface area (TPSA) is 43.8 Å². The number of hydrogen-bond acceptors (Lipinski definition) is 3. The highest BCUT2D eigenvalue weighted by Gasteiger charge is 2.34. The minimum atomic E-state index is -4.70. The molecule has 0 radical (unpaired) electrons.